The zero-order chi connectivity index (χ0) is 12.3. The number of nitrogens with zero attached hydrogens (tertiary/aromatic N) is 2. The number of carbonyl (C=O) groups is 1. The van der Waals surface area contributed by atoms with Crippen molar-refractivity contribution in [3.05, 3.63) is 18.0 Å². The van der Waals surface area contributed by atoms with Crippen LogP contribution in [0.25, 0.3) is 0 Å². The molecule has 1 aromatic heterocycles. The van der Waals surface area contributed by atoms with E-state index in [4.69, 9.17) is 10.2 Å². The summed E-state index contributed by atoms with van der Waals surface area (Å²) in [6.07, 6.45) is -6.64. The van der Waals surface area contributed by atoms with Gasteiger partial charge in [0.05, 0.1) is 0 Å². The molecular formula is C8H9F3N2O3. The summed E-state index contributed by atoms with van der Waals surface area (Å²) in [7, 11) is 0. The smallest absolute Gasteiger partial charge is 0.414 e. The minimum Gasteiger partial charge on any atom is -0.477 e. The van der Waals surface area contributed by atoms with Crippen molar-refractivity contribution in [2.45, 2.75) is 25.2 Å². The molecule has 0 spiro atoms. The van der Waals surface area contributed by atoms with Crippen molar-refractivity contribution in [1.82, 2.24) is 9.78 Å². The van der Waals surface area contributed by atoms with Gasteiger partial charge in [-0.25, -0.2) is 4.79 Å². The van der Waals surface area contributed by atoms with E-state index in [0.29, 0.717) is 0 Å². The Morgan fingerprint density at radius 2 is 2.19 bits per heavy atom. The molecule has 5 nitrogen and oxygen atoms in total. The van der Waals surface area contributed by atoms with Crippen LogP contribution in [0.15, 0.2) is 12.3 Å². The first kappa shape index (κ1) is 12.5. The Balaban J connectivity index is 2.62. The Kier molecular flexibility index (Phi) is 3.53. The lowest BCUT2D eigenvalue weighted by Crippen LogP contribution is -2.30. The van der Waals surface area contributed by atoms with Gasteiger partial charge in [-0.1, -0.05) is 0 Å². The van der Waals surface area contributed by atoms with Crippen molar-refractivity contribution in [2.24, 2.45) is 0 Å². The molecule has 0 aliphatic carbocycles. The molecule has 1 atom stereocenters. The van der Waals surface area contributed by atoms with Gasteiger partial charge in [0.25, 0.3) is 0 Å². The second-order valence-corrected chi connectivity index (χ2v) is 3.09. The molecular weight excluding hydrogens is 229 g/mol. The third-order valence-corrected chi connectivity index (χ3v) is 1.93. The number of hydrogen-bond donors (Lipinski definition) is 2. The number of aliphatic hydroxyl groups excluding tert-OH is 1. The van der Waals surface area contributed by atoms with Gasteiger partial charge in [0.2, 0.25) is 0 Å². The molecule has 0 unspecified atom stereocenters. The number of carboxylic acid groups (broad SMARTS) is 1. The number of hydrogen-bond acceptors (Lipinski definition) is 3. The third-order valence-electron chi connectivity index (χ3n) is 1.93. The van der Waals surface area contributed by atoms with Crippen LogP contribution in [-0.4, -0.2) is 38.2 Å². The Morgan fingerprint density at radius 1 is 1.56 bits per heavy atom. The standard InChI is InChI=1S/C8H9F3N2O3/c9-8(10,11)6(14)2-4-13-5(7(15)16)1-3-12-13/h1,3,6,14H,2,4H2,(H,15,16)/t6-/m0/s1. The molecule has 0 saturated heterocycles. The van der Waals surface area contributed by atoms with Crippen LogP contribution in [0, 0.1) is 0 Å². The number of alkyl halides is 3. The second-order valence-electron chi connectivity index (χ2n) is 3.09. The summed E-state index contributed by atoms with van der Waals surface area (Å²) in [4.78, 5) is 10.6. The van der Waals surface area contributed by atoms with Crippen LogP contribution < -0.4 is 0 Å². The normalized spacial score (nSPS) is 13.8. The SMILES string of the molecule is O=C(O)c1ccnn1CC[C@H](O)C(F)(F)F. The Bertz CT molecular complexity index is 375. The van der Waals surface area contributed by atoms with Gasteiger partial charge in [0.1, 0.15) is 5.69 Å². The van der Waals surface area contributed by atoms with Gasteiger partial charge in [0.15, 0.2) is 6.10 Å². The van der Waals surface area contributed by atoms with Crippen LogP contribution in [-0.2, 0) is 6.54 Å². The number of aryl methyl sites for hydroxylation is 1. The van der Waals surface area contributed by atoms with Crippen LogP contribution in [0.3, 0.4) is 0 Å². The molecule has 90 valence electrons. The Morgan fingerprint density at radius 3 is 2.69 bits per heavy atom. The molecule has 0 aliphatic rings. The molecule has 0 radical (unpaired) electrons. The van der Waals surface area contributed by atoms with Gasteiger partial charge < -0.3 is 10.2 Å². The summed E-state index contributed by atoms with van der Waals surface area (Å²) in [5.41, 5.74) is -0.214. The average molecular weight is 238 g/mol. The van der Waals surface area contributed by atoms with E-state index in [0.717, 1.165) is 4.68 Å². The fourth-order valence-corrected chi connectivity index (χ4v) is 1.10. The monoisotopic (exact) mass is 238 g/mol. The Hall–Kier alpha value is -1.57. The van der Waals surface area contributed by atoms with Crippen molar-refractivity contribution < 1.29 is 28.2 Å². The van der Waals surface area contributed by atoms with Gasteiger partial charge in [-0.2, -0.15) is 18.3 Å². The molecule has 8 heteroatoms. The van der Waals surface area contributed by atoms with Gasteiger partial charge >= 0.3 is 12.1 Å². The number of aromatic carboxylic acids is 1. The predicted octanol–water partition coefficient (Wildman–Crippen LogP) is 0.895. The molecule has 1 aromatic rings. The number of rotatable bonds is 4. The van der Waals surface area contributed by atoms with E-state index >= 15 is 0 Å². The van der Waals surface area contributed by atoms with Crippen molar-refractivity contribution >= 4 is 5.97 Å². The zero-order valence-electron chi connectivity index (χ0n) is 7.98. The maximum atomic E-state index is 11.9. The minimum atomic E-state index is -4.70. The first-order chi connectivity index (χ1) is 7.32. The lowest BCUT2D eigenvalue weighted by Gasteiger charge is -2.14. The lowest BCUT2D eigenvalue weighted by atomic mass is 10.2. The maximum absolute atomic E-state index is 11.9. The Labute approximate surface area is 88.1 Å². The summed E-state index contributed by atoms with van der Waals surface area (Å²) < 4.78 is 36.7. The van der Waals surface area contributed by atoms with Crippen LogP contribution in [0.5, 0.6) is 0 Å². The zero-order valence-corrected chi connectivity index (χ0v) is 7.98. The molecule has 0 amide bonds. The molecule has 0 aliphatic heterocycles. The molecule has 1 heterocycles. The fourth-order valence-electron chi connectivity index (χ4n) is 1.10. The molecule has 1 rings (SSSR count). The topological polar surface area (TPSA) is 75.3 Å². The van der Waals surface area contributed by atoms with Crippen molar-refractivity contribution in [2.75, 3.05) is 0 Å². The highest BCUT2D eigenvalue weighted by molar-refractivity contribution is 5.85. The van der Waals surface area contributed by atoms with E-state index in [9.17, 15) is 18.0 Å². The second kappa shape index (κ2) is 4.52. The maximum Gasteiger partial charge on any atom is 0.414 e. The average Bonchev–Trinajstić information content (AvgIpc) is 2.60. The highest BCUT2D eigenvalue weighted by Crippen LogP contribution is 2.22. The van der Waals surface area contributed by atoms with Gasteiger partial charge in [-0.3, -0.25) is 4.68 Å². The van der Waals surface area contributed by atoms with E-state index in [1.165, 1.54) is 12.3 Å². The summed E-state index contributed by atoms with van der Waals surface area (Å²) in [6.45, 7) is -0.310. The molecule has 16 heavy (non-hydrogen) atoms. The van der Waals surface area contributed by atoms with E-state index < -0.39 is 24.7 Å². The van der Waals surface area contributed by atoms with E-state index in [1.807, 2.05) is 0 Å². The molecule has 0 bridgehead atoms. The van der Waals surface area contributed by atoms with Crippen molar-refractivity contribution in [3.63, 3.8) is 0 Å². The van der Waals surface area contributed by atoms with E-state index in [2.05, 4.69) is 5.10 Å². The van der Waals surface area contributed by atoms with Gasteiger partial charge in [-0.05, 0) is 6.07 Å². The largest absolute Gasteiger partial charge is 0.477 e. The highest BCUT2D eigenvalue weighted by atomic mass is 19.4. The van der Waals surface area contributed by atoms with Gasteiger partial charge in [0, 0.05) is 19.2 Å². The summed E-state index contributed by atoms with van der Waals surface area (Å²) in [5.74, 6) is -1.28. The third kappa shape index (κ3) is 2.96. The van der Waals surface area contributed by atoms with Crippen LogP contribution in [0.1, 0.15) is 16.9 Å². The van der Waals surface area contributed by atoms with Crippen molar-refractivity contribution in [3.8, 4) is 0 Å². The minimum absolute atomic E-state index is 0.214. The van der Waals surface area contributed by atoms with Crippen molar-refractivity contribution in [1.29, 1.82) is 0 Å². The summed E-state index contributed by atoms with van der Waals surface area (Å²) in [5, 5.41) is 20.9. The van der Waals surface area contributed by atoms with Crippen LogP contribution in [0.4, 0.5) is 13.2 Å². The first-order valence-corrected chi connectivity index (χ1v) is 4.32. The lowest BCUT2D eigenvalue weighted by molar-refractivity contribution is -0.206. The number of aliphatic hydroxyl groups is 1. The highest BCUT2D eigenvalue weighted by Gasteiger charge is 2.37. The predicted molar refractivity (Wildman–Crippen MR) is 45.9 cm³/mol. The number of halogens is 3. The summed E-state index contributed by atoms with van der Waals surface area (Å²) in [6, 6.07) is 1.17. The number of carboxylic acids is 1. The first-order valence-electron chi connectivity index (χ1n) is 4.32. The molecule has 0 fully saturated rings. The fraction of sp³-hybridized carbons (Fsp3) is 0.500. The number of aromatic nitrogens is 2. The molecule has 0 aromatic carbocycles. The van der Waals surface area contributed by atoms with Crippen LogP contribution >= 0.6 is 0 Å². The molecule has 0 saturated carbocycles. The summed E-state index contributed by atoms with van der Waals surface area (Å²) >= 11 is 0. The quantitative estimate of drug-likeness (QED) is 0.816. The van der Waals surface area contributed by atoms with Crippen LogP contribution in [0.2, 0.25) is 0 Å². The molecule has 2 N–H and O–H groups in total. The van der Waals surface area contributed by atoms with Gasteiger partial charge in [-0.15, -0.1) is 0 Å². The van der Waals surface area contributed by atoms with E-state index in [1.54, 1.807) is 0 Å². The van der Waals surface area contributed by atoms with E-state index in [-0.39, 0.29) is 12.2 Å².